The van der Waals surface area contributed by atoms with Crippen LogP contribution in [0, 0.1) is 0 Å². The molecule has 2 aromatic carbocycles. The smallest absolute Gasteiger partial charge is 0.254 e. The van der Waals surface area contributed by atoms with Crippen molar-refractivity contribution in [3.63, 3.8) is 0 Å². The van der Waals surface area contributed by atoms with Crippen molar-refractivity contribution in [1.82, 2.24) is 9.21 Å². The first-order valence-corrected chi connectivity index (χ1v) is 10.2. The Morgan fingerprint density at radius 2 is 1.63 bits per heavy atom. The Bertz CT molecular complexity index is 902. The lowest BCUT2D eigenvalue weighted by Crippen LogP contribution is -2.32. The lowest BCUT2D eigenvalue weighted by Gasteiger charge is -2.23. The largest absolute Gasteiger partial charge is 0.497 e. The minimum atomic E-state index is -3.50. The molecule has 6 nitrogen and oxygen atoms in total. The Morgan fingerprint density at radius 3 is 2.11 bits per heavy atom. The highest BCUT2D eigenvalue weighted by Gasteiger charge is 2.33. The second-order valence-corrected chi connectivity index (χ2v) is 8.98. The second-order valence-electron chi connectivity index (χ2n) is 6.82. The van der Waals surface area contributed by atoms with E-state index < -0.39 is 10.0 Å². The van der Waals surface area contributed by atoms with Gasteiger partial charge in [-0.1, -0.05) is 12.1 Å². The molecular formula is C20H24N2O4S. The number of amides is 1. The van der Waals surface area contributed by atoms with Gasteiger partial charge in [0.15, 0.2) is 0 Å². The van der Waals surface area contributed by atoms with Crippen LogP contribution in [0.4, 0.5) is 0 Å². The average molecular weight is 388 g/mol. The van der Waals surface area contributed by atoms with Gasteiger partial charge in [0.1, 0.15) is 5.75 Å². The molecular weight excluding hydrogens is 364 g/mol. The third-order valence-corrected chi connectivity index (χ3v) is 6.47. The summed E-state index contributed by atoms with van der Waals surface area (Å²) in [6, 6.07) is 14.1. The zero-order valence-electron chi connectivity index (χ0n) is 15.8. The van der Waals surface area contributed by atoms with E-state index in [2.05, 4.69) is 0 Å². The standard InChI is InChI=1S/C20H24N2O4S/c1-21(2)27(24,25)19-12-6-16(7-13-19)20(23)22(17-8-9-17)14-15-4-10-18(26-3)11-5-15/h4-7,10-13,17H,8-9,14H2,1-3H3. The van der Waals surface area contributed by atoms with Crippen LogP contribution < -0.4 is 4.74 Å². The summed E-state index contributed by atoms with van der Waals surface area (Å²) >= 11 is 0. The summed E-state index contributed by atoms with van der Waals surface area (Å²) < 4.78 is 30.7. The number of ether oxygens (including phenoxy) is 1. The number of benzene rings is 2. The molecule has 0 N–H and O–H groups in total. The quantitative estimate of drug-likeness (QED) is 0.731. The number of hydrogen-bond acceptors (Lipinski definition) is 4. The van der Waals surface area contributed by atoms with Gasteiger partial charge in [0, 0.05) is 32.2 Å². The van der Waals surface area contributed by atoms with Gasteiger partial charge in [0.05, 0.1) is 12.0 Å². The van der Waals surface area contributed by atoms with Crippen molar-refractivity contribution in [3.05, 3.63) is 59.7 Å². The maximum absolute atomic E-state index is 13.0. The van der Waals surface area contributed by atoms with Gasteiger partial charge in [0.25, 0.3) is 5.91 Å². The number of carbonyl (C=O) groups excluding carboxylic acids is 1. The molecule has 0 bridgehead atoms. The van der Waals surface area contributed by atoms with Gasteiger partial charge in [-0.25, -0.2) is 12.7 Å². The number of hydrogen-bond donors (Lipinski definition) is 0. The van der Waals surface area contributed by atoms with Crippen LogP contribution in [0.15, 0.2) is 53.4 Å². The Labute approximate surface area is 160 Å². The molecule has 7 heteroatoms. The molecule has 0 unspecified atom stereocenters. The van der Waals surface area contributed by atoms with E-state index in [1.807, 2.05) is 29.2 Å². The van der Waals surface area contributed by atoms with Gasteiger partial charge in [-0.3, -0.25) is 4.79 Å². The zero-order chi connectivity index (χ0) is 19.6. The van der Waals surface area contributed by atoms with Crippen LogP contribution in [0.3, 0.4) is 0 Å². The molecule has 1 aliphatic rings. The highest BCUT2D eigenvalue weighted by atomic mass is 32.2. The molecule has 144 valence electrons. The van der Waals surface area contributed by atoms with Crippen molar-refractivity contribution in [1.29, 1.82) is 0 Å². The topological polar surface area (TPSA) is 66.9 Å². The molecule has 0 atom stereocenters. The summed E-state index contributed by atoms with van der Waals surface area (Å²) in [5, 5.41) is 0. The highest BCUT2D eigenvalue weighted by molar-refractivity contribution is 7.89. The van der Waals surface area contributed by atoms with Crippen molar-refractivity contribution in [2.75, 3.05) is 21.2 Å². The van der Waals surface area contributed by atoms with E-state index in [9.17, 15) is 13.2 Å². The number of carbonyl (C=O) groups is 1. The van der Waals surface area contributed by atoms with Crippen LogP contribution in [0.5, 0.6) is 5.75 Å². The maximum atomic E-state index is 13.0. The van der Waals surface area contributed by atoms with E-state index in [0.29, 0.717) is 12.1 Å². The summed E-state index contributed by atoms with van der Waals surface area (Å²) in [5.41, 5.74) is 1.52. The summed E-state index contributed by atoms with van der Waals surface area (Å²) in [6.45, 7) is 0.519. The first-order valence-electron chi connectivity index (χ1n) is 8.79. The highest BCUT2D eigenvalue weighted by Crippen LogP contribution is 2.30. The van der Waals surface area contributed by atoms with Gasteiger partial charge in [0.2, 0.25) is 10.0 Å². The van der Waals surface area contributed by atoms with Gasteiger partial charge in [-0.15, -0.1) is 0 Å². The van der Waals surface area contributed by atoms with Crippen molar-refractivity contribution >= 4 is 15.9 Å². The van der Waals surface area contributed by atoms with E-state index in [4.69, 9.17) is 4.74 Å². The average Bonchev–Trinajstić information content (AvgIpc) is 3.51. The van der Waals surface area contributed by atoms with Gasteiger partial charge >= 0.3 is 0 Å². The van der Waals surface area contributed by atoms with E-state index in [-0.39, 0.29) is 16.8 Å². The molecule has 0 spiro atoms. The van der Waals surface area contributed by atoms with Crippen molar-refractivity contribution in [2.24, 2.45) is 0 Å². The Kier molecular flexibility index (Phi) is 5.53. The molecule has 1 aliphatic carbocycles. The molecule has 0 heterocycles. The van der Waals surface area contributed by atoms with Gasteiger partial charge < -0.3 is 9.64 Å². The Hall–Kier alpha value is -2.38. The summed E-state index contributed by atoms with van der Waals surface area (Å²) in [4.78, 5) is 15.0. The van der Waals surface area contributed by atoms with Crippen molar-refractivity contribution in [2.45, 2.75) is 30.3 Å². The lowest BCUT2D eigenvalue weighted by molar-refractivity contribution is 0.0730. The Balaban J connectivity index is 1.79. The predicted molar refractivity (Wildman–Crippen MR) is 103 cm³/mol. The monoisotopic (exact) mass is 388 g/mol. The van der Waals surface area contributed by atoms with Crippen LogP contribution in [0.2, 0.25) is 0 Å². The van der Waals surface area contributed by atoms with Crippen LogP contribution >= 0.6 is 0 Å². The normalized spacial score (nSPS) is 14.2. The van der Waals surface area contributed by atoms with E-state index in [0.717, 1.165) is 28.5 Å². The molecule has 1 fully saturated rings. The predicted octanol–water partition coefficient (Wildman–Crippen LogP) is 2.75. The number of methoxy groups -OCH3 is 1. The molecule has 27 heavy (non-hydrogen) atoms. The summed E-state index contributed by atoms with van der Waals surface area (Å²) in [5.74, 6) is 0.697. The first-order chi connectivity index (χ1) is 12.8. The van der Waals surface area contributed by atoms with Crippen LogP contribution in [-0.2, 0) is 16.6 Å². The van der Waals surface area contributed by atoms with Crippen molar-refractivity contribution in [3.8, 4) is 5.75 Å². The number of sulfonamides is 1. The van der Waals surface area contributed by atoms with Gasteiger partial charge in [-0.2, -0.15) is 0 Å². The number of rotatable bonds is 7. The Morgan fingerprint density at radius 1 is 1.04 bits per heavy atom. The molecule has 2 aromatic rings. The SMILES string of the molecule is COc1ccc(CN(C(=O)c2ccc(S(=O)(=O)N(C)C)cc2)C2CC2)cc1. The molecule has 0 aromatic heterocycles. The van der Waals surface area contributed by atoms with Crippen LogP contribution in [0.25, 0.3) is 0 Å². The fourth-order valence-corrected chi connectivity index (χ4v) is 3.73. The fourth-order valence-electron chi connectivity index (χ4n) is 2.83. The van der Waals surface area contributed by atoms with E-state index in [1.54, 1.807) is 19.2 Å². The molecule has 3 rings (SSSR count). The summed E-state index contributed by atoms with van der Waals surface area (Å²) in [7, 11) is 1.09. The molecule has 0 aliphatic heterocycles. The minimum absolute atomic E-state index is 0.0814. The molecule has 0 radical (unpaired) electrons. The van der Waals surface area contributed by atoms with Crippen LogP contribution in [0.1, 0.15) is 28.8 Å². The lowest BCUT2D eigenvalue weighted by atomic mass is 10.1. The minimum Gasteiger partial charge on any atom is -0.497 e. The van der Waals surface area contributed by atoms with E-state index in [1.165, 1.54) is 26.2 Å². The zero-order valence-corrected chi connectivity index (χ0v) is 16.6. The third kappa shape index (κ3) is 4.31. The first kappa shape index (κ1) is 19.4. The van der Waals surface area contributed by atoms with Gasteiger partial charge in [-0.05, 0) is 54.8 Å². The molecule has 1 saturated carbocycles. The maximum Gasteiger partial charge on any atom is 0.254 e. The number of nitrogens with zero attached hydrogens (tertiary/aromatic N) is 2. The van der Waals surface area contributed by atoms with Crippen LogP contribution in [-0.4, -0.2) is 50.8 Å². The van der Waals surface area contributed by atoms with E-state index >= 15 is 0 Å². The second kappa shape index (κ2) is 7.70. The molecule has 1 amide bonds. The fraction of sp³-hybridized carbons (Fsp3) is 0.350. The summed E-state index contributed by atoms with van der Waals surface area (Å²) in [6.07, 6.45) is 1.99. The van der Waals surface area contributed by atoms with Crippen molar-refractivity contribution < 1.29 is 17.9 Å². The molecule has 0 saturated heterocycles. The third-order valence-electron chi connectivity index (χ3n) is 4.64.